The number of allylic oxidation sites excluding steroid dienone is 1. The van der Waals surface area contributed by atoms with E-state index >= 15 is 0 Å². The van der Waals surface area contributed by atoms with Gasteiger partial charge in [0.15, 0.2) is 5.82 Å². The molecule has 0 saturated carbocycles. The summed E-state index contributed by atoms with van der Waals surface area (Å²) < 4.78 is 30.3. The van der Waals surface area contributed by atoms with E-state index in [0.29, 0.717) is 30.9 Å². The lowest BCUT2D eigenvalue weighted by molar-refractivity contribution is -0.119. The van der Waals surface area contributed by atoms with Gasteiger partial charge in [-0.2, -0.15) is 19.0 Å². The molecule has 3 rings (SSSR count). The van der Waals surface area contributed by atoms with Gasteiger partial charge in [0.25, 0.3) is 0 Å². The molecule has 0 unspecified atom stereocenters. The topological polar surface area (TPSA) is 109 Å². The van der Waals surface area contributed by atoms with Crippen molar-refractivity contribution < 1.29 is 18.3 Å². The maximum Gasteiger partial charge on any atom is 0.388 e. The molecule has 1 aliphatic heterocycles. The lowest BCUT2D eigenvalue weighted by atomic mass is 10.1. The molecule has 3 heterocycles. The summed E-state index contributed by atoms with van der Waals surface area (Å²) >= 11 is 0. The number of aliphatic imine (C=N–C) groups is 1. The third-order valence-electron chi connectivity index (χ3n) is 3.99. The molecule has 0 aliphatic carbocycles. The van der Waals surface area contributed by atoms with Crippen LogP contribution in [-0.2, 0) is 11.3 Å². The van der Waals surface area contributed by atoms with Gasteiger partial charge >= 0.3 is 6.61 Å². The van der Waals surface area contributed by atoms with Gasteiger partial charge < -0.3 is 15.4 Å². The van der Waals surface area contributed by atoms with E-state index in [-0.39, 0.29) is 23.5 Å². The fourth-order valence-electron chi connectivity index (χ4n) is 2.65. The summed E-state index contributed by atoms with van der Waals surface area (Å²) in [5.74, 6) is 0.391. The Balaban J connectivity index is 1.56. The first-order chi connectivity index (χ1) is 12.9. The zero-order valence-electron chi connectivity index (χ0n) is 14.6. The summed E-state index contributed by atoms with van der Waals surface area (Å²) in [5, 5.41) is 16.0. The van der Waals surface area contributed by atoms with E-state index in [1.807, 2.05) is 11.6 Å². The number of carbonyl (C=O) groups excluding carboxylic acids is 1. The highest BCUT2D eigenvalue weighted by Crippen LogP contribution is 2.21. The minimum absolute atomic E-state index is 0.0610. The molecule has 0 aromatic carbocycles. The molecule has 27 heavy (non-hydrogen) atoms. The first-order valence-electron chi connectivity index (χ1n) is 8.20. The van der Waals surface area contributed by atoms with Gasteiger partial charge in [0.1, 0.15) is 5.69 Å². The number of aromatic nitrogens is 4. The Morgan fingerprint density at radius 1 is 1.63 bits per heavy atom. The molecule has 2 aromatic rings. The predicted octanol–water partition coefficient (Wildman–Crippen LogP) is 1.98. The maximum absolute atomic E-state index is 12.1. The van der Waals surface area contributed by atoms with Crippen LogP contribution in [0.15, 0.2) is 29.5 Å². The molecule has 1 amide bonds. The van der Waals surface area contributed by atoms with Crippen molar-refractivity contribution in [3.05, 3.63) is 30.2 Å². The number of amides is 1. The summed E-state index contributed by atoms with van der Waals surface area (Å²) in [6.07, 6.45) is 3.61. The molecular weight excluding hydrogens is 360 g/mol. The molecule has 1 fully saturated rings. The smallest absolute Gasteiger partial charge is 0.388 e. The minimum atomic E-state index is -2.93. The number of aromatic amines is 1. The zero-order chi connectivity index (χ0) is 19.4. The standard InChI is InChI=1S/C16H19F2N7O2/c1-9(22-13-4-15(24-23-13)27-16(17)18)5-19-12-7-21-25(10(12)2)8-11-3-14(26)20-6-11/h4-5,7,11,16H,1,3,6,8H2,2H3,(H,20,26)(H2,22,23,24)/b19-5-/t11-/m1/s1. The van der Waals surface area contributed by atoms with Crippen molar-refractivity contribution in [2.24, 2.45) is 10.9 Å². The van der Waals surface area contributed by atoms with Crippen LogP contribution >= 0.6 is 0 Å². The van der Waals surface area contributed by atoms with Crippen molar-refractivity contribution in [2.45, 2.75) is 26.5 Å². The number of nitrogens with zero attached hydrogens (tertiary/aromatic N) is 4. The fourth-order valence-corrected chi connectivity index (χ4v) is 2.65. The van der Waals surface area contributed by atoms with Crippen LogP contribution in [0.4, 0.5) is 20.3 Å². The largest absolute Gasteiger partial charge is 0.417 e. The number of hydrogen-bond donors (Lipinski definition) is 3. The number of ether oxygens (including phenoxy) is 1. The monoisotopic (exact) mass is 379 g/mol. The second-order valence-electron chi connectivity index (χ2n) is 6.08. The van der Waals surface area contributed by atoms with Crippen molar-refractivity contribution in [3.63, 3.8) is 0 Å². The SMILES string of the molecule is C=C(/C=N\c1cnn(C[C@H]2CNC(=O)C2)c1C)Nc1cc(OC(F)F)[nH]n1. The van der Waals surface area contributed by atoms with Crippen LogP contribution in [0, 0.1) is 12.8 Å². The molecule has 1 aliphatic rings. The van der Waals surface area contributed by atoms with Gasteiger partial charge in [0, 0.05) is 31.5 Å². The molecule has 2 aromatic heterocycles. The van der Waals surface area contributed by atoms with Crippen LogP contribution in [-0.4, -0.2) is 45.3 Å². The molecule has 0 spiro atoms. The Labute approximate surface area is 153 Å². The van der Waals surface area contributed by atoms with Crippen molar-refractivity contribution in [1.29, 1.82) is 0 Å². The van der Waals surface area contributed by atoms with E-state index < -0.39 is 6.61 Å². The molecule has 144 valence electrons. The molecule has 0 radical (unpaired) electrons. The highest BCUT2D eigenvalue weighted by Gasteiger charge is 2.22. The van der Waals surface area contributed by atoms with Crippen LogP contribution < -0.4 is 15.4 Å². The third kappa shape index (κ3) is 4.90. The van der Waals surface area contributed by atoms with E-state index in [2.05, 4.69) is 42.2 Å². The number of carbonyl (C=O) groups is 1. The number of halogens is 2. The third-order valence-corrected chi connectivity index (χ3v) is 3.99. The van der Waals surface area contributed by atoms with Gasteiger partial charge in [-0.15, -0.1) is 0 Å². The number of rotatable bonds is 8. The van der Waals surface area contributed by atoms with Crippen molar-refractivity contribution >= 4 is 23.6 Å². The zero-order valence-corrected chi connectivity index (χ0v) is 14.6. The minimum Gasteiger partial charge on any atom is -0.417 e. The van der Waals surface area contributed by atoms with Gasteiger partial charge in [-0.1, -0.05) is 6.58 Å². The Morgan fingerprint density at radius 2 is 2.44 bits per heavy atom. The summed E-state index contributed by atoms with van der Waals surface area (Å²) in [7, 11) is 0. The molecule has 11 heteroatoms. The molecule has 9 nitrogen and oxygen atoms in total. The number of alkyl halides is 2. The molecule has 0 bridgehead atoms. The number of anilines is 1. The first kappa shape index (κ1) is 18.5. The Morgan fingerprint density at radius 3 is 3.15 bits per heavy atom. The Kier molecular flexibility index (Phi) is 5.48. The number of H-pyrrole nitrogens is 1. The molecular formula is C16H19F2N7O2. The van der Waals surface area contributed by atoms with E-state index in [1.54, 1.807) is 6.20 Å². The lowest BCUT2D eigenvalue weighted by Crippen LogP contribution is -2.17. The van der Waals surface area contributed by atoms with Gasteiger partial charge in [-0.05, 0) is 6.92 Å². The fraction of sp³-hybridized carbons (Fsp3) is 0.375. The van der Waals surface area contributed by atoms with E-state index in [4.69, 9.17) is 0 Å². The average Bonchev–Trinajstić information content (AvgIpc) is 3.29. The molecule has 1 atom stereocenters. The normalized spacial score (nSPS) is 16.9. The molecule has 1 saturated heterocycles. The second kappa shape index (κ2) is 7.98. The van der Waals surface area contributed by atoms with Gasteiger partial charge in [0.05, 0.1) is 23.8 Å². The summed E-state index contributed by atoms with van der Waals surface area (Å²) in [5.41, 5.74) is 1.94. The van der Waals surface area contributed by atoms with Gasteiger partial charge in [0.2, 0.25) is 11.8 Å². The second-order valence-corrected chi connectivity index (χ2v) is 6.08. The summed E-state index contributed by atoms with van der Waals surface area (Å²) in [6, 6.07) is 1.28. The highest BCUT2D eigenvalue weighted by atomic mass is 19.3. The summed E-state index contributed by atoms with van der Waals surface area (Å²) in [4.78, 5) is 15.6. The highest BCUT2D eigenvalue weighted by molar-refractivity contribution is 5.84. The first-order valence-corrected chi connectivity index (χ1v) is 8.20. The van der Waals surface area contributed by atoms with E-state index in [1.165, 1.54) is 12.3 Å². The van der Waals surface area contributed by atoms with Crippen molar-refractivity contribution in [1.82, 2.24) is 25.3 Å². The lowest BCUT2D eigenvalue weighted by Gasteiger charge is -2.09. The van der Waals surface area contributed by atoms with Gasteiger partial charge in [-0.25, -0.2) is 5.10 Å². The quantitative estimate of drug-likeness (QED) is 0.608. The van der Waals surface area contributed by atoms with Crippen molar-refractivity contribution in [3.8, 4) is 5.88 Å². The van der Waals surface area contributed by atoms with Crippen LogP contribution in [0.25, 0.3) is 0 Å². The average molecular weight is 379 g/mol. The van der Waals surface area contributed by atoms with Gasteiger partial charge in [-0.3, -0.25) is 14.5 Å². The van der Waals surface area contributed by atoms with Crippen molar-refractivity contribution in [2.75, 3.05) is 11.9 Å². The maximum atomic E-state index is 12.1. The van der Waals surface area contributed by atoms with Crippen LogP contribution in [0.2, 0.25) is 0 Å². The number of nitrogens with one attached hydrogen (secondary N) is 3. The Bertz CT molecular complexity index is 859. The predicted molar refractivity (Wildman–Crippen MR) is 94.2 cm³/mol. The molecule has 3 N–H and O–H groups in total. The van der Waals surface area contributed by atoms with Crippen LogP contribution in [0.3, 0.4) is 0 Å². The van der Waals surface area contributed by atoms with Crippen LogP contribution in [0.1, 0.15) is 12.1 Å². The Hall–Kier alpha value is -3.24. The van der Waals surface area contributed by atoms with Crippen LogP contribution in [0.5, 0.6) is 5.88 Å². The van der Waals surface area contributed by atoms with E-state index in [0.717, 1.165) is 5.69 Å². The summed E-state index contributed by atoms with van der Waals surface area (Å²) in [6.45, 7) is 4.04. The number of hydrogen-bond acceptors (Lipinski definition) is 6. The van der Waals surface area contributed by atoms with E-state index in [9.17, 15) is 13.6 Å².